The summed E-state index contributed by atoms with van der Waals surface area (Å²) >= 11 is 2.34. The highest BCUT2D eigenvalue weighted by atomic mass is 127. The van der Waals surface area contributed by atoms with Gasteiger partial charge in [0.25, 0.3) is 0 Å². The smallest absolute Gasteiger partial charge is 0.0553 e. The minimum absolute atomic E-state index is 0.634. The van der Waals surface area contributed by atoms with E-state index in [1.54, 1.807) is 0 Å². The molecular formula is C11H16IN3. The van der Waals surface area contributed by atoms with E-state index in [4.69, 9.17) is 0 Å². The van der Waals surface area contributed by atoms with Crippen molar-refractivity contribution in [2.24, 2.45) is 0 Å². The van der Waals surface area contributed by atoms with Crippen LogP contribution in [-0.4, -0.2) is 31.2 Å². The zero-order valence-electron chi connectivity index (χ0n) is 8.91. The first kappa shape index (κ1) is 11.1. The second kappa shape index (κ2) is 5.12. The summed E-state index contributed by atoms with van der Waals surface area (Å²) in [6, 6.07) is 4.93. The summed E-state index contributed by atoms with van der Waals surface area (Å²) in [4.78, 5) is 6.82. The zero-order chi connectivity index (χ0) is 10.7. The number of rotatable bonds is 3. The van der Waals surface area contributed by atoms with E-state index >= 15 is 0 Å². The number of likely N-dealkylation sites (N-methyl/N-ethyl adjacent to an activating group) is 1. The maximum atomic E-state index is 4.42. The van der Waals surface area contributed by atoms with Crippen LogP contribution in [0.1, 0.15) is 12.1 Å². The third-order valence-electron chi connectivity index (χ3n) is 2.91. The zero-order valence-corrected chi connectivity index (χ0v) is 11.1. The van der Waals surface area contributed by atoms with Gasteiger partial charge in [0.15, 0.2) is 0 Å². The number of nitrogens with zero attached hydrogens (tertiary/aromatic N) is 2. The molecule has 4 heteroatoms. The first-order chi connectivity index (χ1) is 7.33. The van der Waals surface area contributed by atoms with E-state index < -0.39 is 0 Å². The Kier molecular flexibility index (Phi) is 3.80. The van der Waals surface area contributed by atoms with Gasteiger partial charge in [0.05, 0.1) is 17.6 Å². The van der Waals surface area contributed by atoms with Gasteiger partial charge in [0.1, 0.15) is 0 Å². The van der Waals surface area contributed by atoms with Crippen LogP contribution in [0.4, 0.5) is 5.69 Å². The predicted molar refractivity (Wildman–Crippen MR) is 71.6 cm³/mol. The van der Waals surface area contributed by atoms with Crippen molar-refractivity contribution in [3.8, 4) is 0 Å². The number of anilines is 1. The molecule has 15 heavy (non-hydrogen) atoms. The average molecular weight is 317 g/mol. The molecule has 1 N–H and O–H groups in total. The highest BCUT2D eigenvalue weighted by Crippen LogP contribution is 2.19. The number of pyridine rings is 1. The van der Waals surface area contributed by atoms with Gasteiger partial charge in [-0.2, -0.15) is 0 Å². The fourth-order valence-electron chi connectivity index (χ4n) is 1.91. The van der Waals surface area contributed by atoms with Crippen molar-refractivity contribution in [1.29, 1.82) is 0 Å². The number of hydrogen-bond donors (Lipinski definition) is 1. The Balaban J connectivity index is 2.04. The van der Waals surface area contributed by atoms with Crippen LogP contribution in [0.2, 0.25) is 0 Å². The number of nitrogens with one attached hydrogen (secondary N) is 1. The van der Waals surface area contributed by atoms with E-state index in [2.05, 4.69) is 49.9 Å². The Morgan fingerprint density at radius 2 is 2.47 bits per heavy atom. The minimum Gasteiger partial charge on any atom is -0.369 e. The van der Waals surface area contributed by atoms with E-state index in [1.807, 2.05) is 13.2 Å². The van der Waals surface area contributed by atoms with E-state index in [0.717, 1.165) is 23.2 Å². The molecule has 2 heterocycles. The third-order valence-corrected chi connectivity index (χ3v) is 3.69. The lowest BCUT2D eigenvalue weighted by molar-refractivity contribution is 0.617. The molecule has 1 fully saturated rings. The van der Waals surface area contributed by atoms with Crippen LogP contribution in [0.3, 0.4) is 0 Å². The molecule has 1 aliphatic rings. The topological polar surface area (TPSA) is 28.2 Å². The van der Waals surface area contributed by atoms with Gasteiger partial charge in [-0.1, -0.05) is 22.6 Å². The van der Waals surface area contributed by atoms with Crippen LogP contribution >= 0.6 is 22.6 Å². The Morgan fingerprint density at radius 3 is 3.00 bits per heavy atom. The lowest BCUT2D eigenvalue weighted by atomic mass is 10.3. The van der Waals surface area contributed by atoms with Crippen molar-refractivity contribution in [1.82, 2.24) is 10.3 Å². The van der Waals surface area contributed by atoms with Crippen LogP contribution in [0.25, 0.3) is 0 Å². The molecule has 82 valence electrons. The lowest BCUT2D eigenvalue weighted by Crippen LogP contribution is -2.29. The fraction of sp³-hybridized carbons (Fsp3) is 0.545. The molecule has 0 unspecified atom stereocenters. The Bertz CT molecular complexity index is 312. The van der Waals surface area contributed by atoms with Crippen molar-refractivity contribution < 1.29 is 0 Å². The van der Waals surface area contributed by atoms with Gasteiger partial charge >= 0.3 is 0 Å². The van der Waals surface area contributed by atoms with Crippen molar-refractivity contribution in [2.45, 2.75) is 16.9 Å². The number of halogens is 1. The van der Waals surface area contributed by atoms with Crippen LogP contribution < -0.4 is 10.2 Å². The monoisotopic (exact) mass is 317 g/mol. The molecule has 0 saturated carbocycles. The maximum absolute atomic E-state index is 4.42. The maximum Gasteiger partial charge on any atom is 0.0553 e. The molecule has 0 aliphatic carbocycles. The van der Waals surface area contributed by atoms with Gasteiger partial charge < -0.3 is 10.2 Å². The predicted octanol–water partition coefficient (Wildman–Crippen LogP) is 1.81. The summed E-state index contributed by atoms with van der Waals surface area (Å²) < 4.78 is 0.983. The van der Waals surface area contributed by atoms with Gasteiger partial charge in [-0.25, -0.2) is 0 Å². The van der Waals surface area contributed by atoms with Crippen LogP contribution in [0, 0.1) is 0 Å². The first-order valence-corrected chi connectivity index (χ1v) is 6.79. The number of aromatic nitrogens is 1. The third kappa shape index (κ3) is 2.60. The first-order valence-electron chi connectivity index (χ1n) is 5.26. The van der Waals surface area contributed by atoms with Crippen molar-refractivity contribution in [3.05, 3.63) is 24.0 Å². The quantitative estimate of drug-likeness (QED) is 0.681. The summed E-state index contributed by atoms with van der Waals surface area (Å²) in [7, 11) is 2.03. The van der Waals surface area contributed by atoms with E-state index in [-0.39, 0.29) is 0 Å². The molecule has 0 aromatic carbocycles. The van der Waals surface area contributed by atoms with E-state index in [9.17, 15) is 0 Å². The van der Waals surface area contributed by atoms with Gasteiger partial charge in [0.2, 0.25) is 0 Å². The van der Waals surface area contributed by atoms with Crippen molar-refractivity contribution >= 4 is 28.3 Å². The molecule has 0 bridgehead atoms. The molecule has 0 radical (unpaired) electrons. The molecule has 2 rings (SSSR count). The molecule has 1 aromatic heterocycles. The van der Waals surface area contributed by atoms with Crippen molar-refractivity contribution in [2.75, 3.05) is 25.0 Å². The van der Waals surface area contributed by atoms with E-state index in [0.29, 0.717) is 6.04 Å². The molecular weight excluding hydrogens is 301 g/mol. The van der Waals surface area contributed by atoms with E-state index in [1.165, 1.54) is 12.1 Å². The highest BCUT2D eigenvalue weighted by Gasteiger charge is 2.20. The standard InChI is InChI=1S/C11H16IN3/c1-13-10-4-5-15(8-10)11-3-2-9(6-12)14-7-11/h2-3,7,10,13H,4-6,8H2,1H3/t10-/m1/s1. The fourth-order valence-corrected chi connectivity index (χ4v) is 2.36. The largest absolute Gasteiger partial charge is 0.369 e. The SMILES string of the molecule is CN[C@@H]1CCN(c2ccc(CI)nc2)C1. The highest BCUT2D eigenvalue weighted by molar-refractivity contribution is 14.1. The van der Waals surface area contributed by atoms with Crippen LogP contribution in [-0.2, 0) is 4.43 Å². The normalized spacial score (nSPS) is 20.9. The molecule has 1 aromatic rings. The van der Waals surface area contributed by atoms with Gasteiger partial charge in [-0.3, -0.25) is 4.98 Å². The second-order valence-electron chi connectivity index (χ2n) is 3.86. The van der Waals surface area contributed by atoms with Gasteiger partial charge in [-0.15, -0.1) is 0 Å². The van der Waals surface area contributed by atoms with Crippen molar-refractivity contribution in [3.63, 3.8) is 0 Å². The summed E-state index contributed by atoms with van der Waals surface area (Å²) in [5.41, 5.74) is 2.41. The summed E-state index contributed by atoms with van der Waals surface area (Å²) in [6.07, 6.45) is 3.22. The number of hydrogen-bond acceptors (Lipinski definition) is 3. The second-order valence-corrected chi connectivity index (χ2v) is 4.62. The molecule has 0 spiro atoms. The summed E-state index contributed by atoms with van der Waals surface area (Å²) in [5, 5.41) is 3.32. The van der Waals surface area contributed by atoms with Gasteiger partial charge in [-0.05, 0) is 25.6 Å². The Labute approximate surface area is 104 Å². The molecule has 1 aliphatic heterocycles. The molecule has 0 amide bonds. The minimum atomic E-state index is 0.634. The lowest BCUT2D eigenvalue weighted by Gasteiger charge is -2.18. The Hall–Kier alpha value is -0.360. The molecule has 3 nitrogen and oxygen atoms in total. The number of alkyl halides is 1. The average Bonchev–Trinajstić information content (AvgIpc) is 2.78. The Morgan fingerprint density at radius 1 is 1.60 bits per heavy atom. The molecule has 1 atom stereocenters. The summed E-state index contributed by atoms with van der Waals surface area (Å²) in [6.45, 7) is 2.23. The van der Waals surface area contributed by atoms with Gasteiger partial charge in [0, 0.05) is 23.6 Å². The summed E-state index contributed by atoms with van der Waals surface area (Å²) in [5.74, 6) is 0. The molecule has 1 saturated heterocycles. The van der Waals surface area contributed by atoms with Crippen LogP contribution in [0.5, 0.6) is 0 Å². The van der Waals surface area contributed by atoms with Crippen LogP contribution in [0.15, 0.2) is 18.3 Å².